The maximum absolute atomic E-state index is 14.3. The van der Waals surface area contributed by atoms with E-state index >= 15 is 0 Å². The molecule has 4 rings (SSSR count). The summed E-state index contributed by atoms with van der Waals surface area (Å²) in [6, 6.07) is 30.7. The lowest BCUT2D eigenvalue weighted by Gasteiger charge is -2.33. The number of aryl methyl sites for hydroxylation is 1. The van der Waals surface area contributed by atoms with Crippen LogP contribution in [-0.2, 0) is 26.2 Å². The molecular weight excluding hydrogens is 586 g/mol. The van der Waals surface area contributed by atoms with Gasteiger partial charge in [-0.3, -0.25) is 13.9 Å². The van der Waals surface area contributed by atoms with Crippen LogP contribution in [0.15, 0.2) is 114 Å². The van der Waals surface area contributed by atoms with Gasteiger partial charge in [-0.1, -0.05) is 80.1 Å². The van der Waals surface area contributed by atoms with Gasteiger partial charge < -0.3 is 15.0 Å². The van der Waals surface area contributed by atoms with Crippen LogP contribution in [0.4, 0.5) is 5.69 Å². The number of carbonyl (C=O) groups is 2. The van der Waals surface area contributed by atoms with E-state index < -0.39 is 28.5 Å². The second-order valence-corrected chi connectivity index (χ2v) is 12.8. The minimum Gasteiger partial charge on any atom is -0.457 e. The first-order valence-corrected chi connectivity index (χ1v) is 16.6. The fraction of sp³-hybridized carbons (Fsp3) is 0.278. The Balaban J connectivity index is 1.71. The highest BCUT2D eigenvalue weighted by Crippen LogP contribution is 2.28. The molecule has 0 aromatic heterocycles. The molecule has 0 saturated heterocycles. The number of hydrogen-bond acceptors (Lipinski definition) is 5. The van der Waals surface area contributed by atoms with Crippen LogP contribution in [0.1, 0.15) is 44.7 Å². The molecule has 0 spiro atoms. The van der Waals surface area contributed by atoms with Gasteiger partial charge in [-0.05, 0) is 80.8 Å². The normalized spacial score (nSPS) is 12.5. The molecule has 8 nitrogen and oxygen atoms in total. The minimum absolute atomic E-state index is 0.0500. The number of benzene rings is 4. The Bertz CT molecular complexity index is 1640. The summed E-state index contributed by atoms with van der Waals surface area (Å²) in [4.78, 5) is 29.2. The first-order valence-electron chi connectivity index (χ1n) is 15.2. The smallest absolute Gasteiger partial charge is 0.264 e. The Hall–Kier alpha value is -4.63. The number of nitrogens with one attached hydrogen (secondary N) is 1. The van der Waals surface area contributed by atoms with E-state index in [9.17, 15) is 18.0 Å². The Labute approximate surface area is 266 Å². The minimum atomic E-state index is -4.16. The molecule has 0 aliphatic heterocycles. The second kappa shape index (κ2) is 15.4. The van der Waals surface area contributed by atoms with Crippen molar-refractivity contribution in [1.82, 2.24) is 10.2 Å². The van der Waals surface area contributed by atoms with Crippen molar-refractivity contribution in [2.75, 3.05) is 10.8 Å². The average Bonchev–Trinajstić information content (AvgIpc) is 3.05. The molecule has 1 N–H and O–H groups in total. The summed E-state index contributed by atoms with van der Waals surface area (Å²) in [5.74, 6) is 0.391. The number of sulfonamides is 1. The maximum Gasteiger partial charge on any atom is 0.264 e. The Morgan fingerprint density at radius 2 is 1.36 bits per heavy atom. The van der Waals surface area contributed by atoms with Crippen LogP contribution in [-0.4, -0.2) is 43.8 Å². The molecule has 4 aromatic rings. The van der Waals surface area contributed by atoms with Crippen LogP contribution in [0.5, 0.6) is 11.5 Å². The molecule has 45 heavy (non-hydrogen) atoms. The van der Waals surface area contributed by atoms with Crippen LogP contribution in [0.2, 0.25) is 0 Å². The van der Waals surface area contributed by atoms with E-state index in [2.05, 4.69) is 5.32 Å². The molecule has 9 heteroatoms. The van der Waals surface area contributed by atoms with Gasteiger partial charge >= 0.3 is 0 Å². The highest BCUT2D eigenvalue weighted by molar-refractivity contribution is 7.92. The van der Waals surface area contributed by atoms with Crippen molar-refractivity contribution in [3.63, 3.8) is 0 Å². The molecule has 0 aliphatic carbocycles. The Morgan fingerprint density at radius 3 is 1.93 bits per heavy atom. The third kappa shape index (κ3) is 8.73. The summed E-state index contributed by atoms with van der Waals surface area (Å²) in [5, 5.41) is 3.00. The van der Waals surface area contributed by atoms with Crippen molar-refractivity contribution in [3.05, 3.63) is 120 Å². The van der Waals surface area contributed by atoms with Gasteiger partial charge in [0.2, 0.25) is 11.8 Å². The lowest BCUT2D eigenvalue weighted by atomic mass is 10.1. The zero-order valence-corrected chi connectivity index (χ0v) is 27.0. The molecule has 0 radical (unpaired) electrons. The maximum atomic E-state index is 14.3. The Kier molecular flexibility index (Phi) is 11.4. The van der Waals surface area contributed by atoms with Gasteiger partial charge in [-0.15, -0.1) is 0 Å². The topological polar surface area (TPSA) is 96.0 Å². The van der Waals surface area contributed by atoms with Crippen LogP contribution in [0.25, 0.3) is 0 Å². The Morgan fingerprint density at radius 1 is 0.778 bits per heavy atom. The van der Waals surface area contributed by atoms with Crippen molar-refractivity contribution in [2.24, 2.45) is 0 Å². The van der Waals surface area contributed by atoms with E-state index in [-0.39, 0.29) is 23.4 Å². The van der Waals surface area contributed by atoms with E-state index in [1.807, 2.05) is 82.3 Å². The molecule has 0 saturated carbocycles. The fourth-order valence-corrected chi connectivity index (χ4v) is 6.24. The van der Waals surface area contributed by atoms with E-state index in [1.54, 1.807) is 42.5 Å². The highest BCUT2D eigenvalue weighted by atomic mass is 32.2. The van der Waals surface area contributed by atoms with E-state index in [0.717, 1.165) is 21.9 Å². The first kappa shape index (κ1) is 33.3. The summed E-state index contributed by atoms with van der Waals surface area (Å²) >= 11 is 0. The van der Waals surface area contributed by atoms with Gasteiger partial charge in [0.1, 0.15) is 24.1 Å². The van der Waals surface area contributed by atoms with Crippen molar-refractivity contribution in [3.8, 4) is 11.5 Å². The summed E-state index contributed by atoms with van der Waals surface area (Å²) in [6.45, 7) is 7.35. The number of rotatable bonds is 14. The molecule has 0 fully saturated rings. The highest BCUT2D eigenvalue weighted by Gasteiger charge is 2.34. The van der Waals surface area contributed by atoms with Gasteiger partial charge in [0.15, 0.2) is 0 Å². The number of ether oxygens (including phenoxy) is 1. The van der Waals surface area contributed by atoms with Crippen molar-refractivity contribution >= 4 is 27.5 Å². The molecule has 0 bridgehead atoms. The van der Waals surface area contributed by atoms with Gasteiger partial charge in [-0.25, -0.2) is 8.42 Å². The lowest BCUT2D eigenvalue weighted by Crippen LogP contribution is -2.53. The monoisotopic (exact) mass is 627 g/mol. The SMILES string of the molecule is CC[C@@H](C)NC(=O)[C@H](CC)N(Cc1ccc(C)cc1)C(=O)CN(c1ccc(Oc2ccccc2)cc1)S(=O)(=O)c1ccccc1. The zero-order valence-electron chi connectivity index (χ0n) is 26.2. The number of amides is 2. The molecule has 2 atom stereocenters. The largest absolute Gasteiger partial charge is 0.457 e. The van der Waals surface area contributed by atoms with Crippen molar-refractivity contribution in [1.29, 1.82) is 0 Å². The number of nitrogens with zero attached hydrogens (tertiary/aromatic N) is 2. The molecule has 236 valence electrons. The van der Waals surface area contributed by atoms with Crippen LogP contribution >= 0.6 is 0 Å². The third-order valence-electron chi connectivity index (χ3n) is 7.57. The van der Waals surface area contributed by atoms with Gasteiger partial charge in [-0.2, -0.15) is 0 Å². The predicted molar refractivity (Wildman–Crippen MR) is 178 cm³/mol. The van der Waals surface area contributed by atoms with Crippen LogP contribution < -0.4 is 14.4 Å². The zero-order chi connectivity index (χ0) is 32.4. The van der Waals surface area contributed by atoms with Crippen LogP contribution in [0.3, 0.4) is 0 Å². The predicted octanol–water partition coefficient (Wildman–Crippen LogP) is 6.70. The average molecular weight is 628 g/mol. The standard InChI is InChI=1S/C36H41N3O5S/c1-5-28(4)37-36(41)34(6-2)38(25-29-19-17-27(3)18-20-29)35(40)26-39(45(42,43)33-15-11-8-12-16-33)30-21-23-32(24-22-30)44-31-13-9-7-10-14-31/h7-24,28,34H,5-6,25-26H2,1-4H3,(H,37,41)/t28-,34+/m1/s1. The van der Waals surface area contributed by atoms with Crippen molar-refractivity contribution in [2.45, 2.75) is 64.1 Å². The number of hydrogen-bond donors (Lipinski definition) is 1. The van der Waals surface area contributed by atoms with Gasteiger partial charge in [0.05, 0.1) is 10.6 Å². The third-order valence-corrected chi connectivity index (χ3v) is 9.36. The number of anilines is 1. The van der Waals surface area contributed by atoms with Gasteiger partial charge in [0.25, 0.3) is 10.0 Å². The fourth-order valence-electron chi connectivity index (χ4n) is 4.80. The summed E-state index contributed by atoms with van der Waals surface area (Å²) in [5.41, 5.74) is 2.20. The molecule has 2 amide bonds. The quantitative estimate of drug-likeness (QED) is 0.168. The molecule has 0 aliphatic rings. The molecule has 0 heterocycles. The summed E-state index contributed by atoms with van der Waals surface area (Å²) < 4.78 is 35.1. The number of para-hydroxylation sites is 1. The molecule has 0 unspecified atom stereocenters. The van der Waals surface area contributed by atoms with Gasteiger partial charge in [0, 0.05) is 12.6 Å². The number of carbonyl (C=O) groups excluding carboxylic acids is 2. The first-order chi connectivity index (χ1) is 21.6. The summed E-state index contributed by atoms with van der Waals surface area (Å²) in [7, 11) is -4.16. The van der Waals surface area contributed by atoms with E-state index in [4.69, 9.17) is 4.74 Å². The van der Waals surface area contributed by atoms with Crippen LogP contribution in [0, 0.1) is 6.92 Å². The second-order valence-electron chi connectivity index (χ2n) is 11.0. The molecular formula is C36H41N3O5S. The lowest BCUT2D eigenvalue weighted by molar-refractivity contribution is -0.140. The van der Waals surface area contributed by atoms with E-state index in [0.29, 0.717) is 23.6 Å². The summed E-state index contributed by atoms with van der Waals surface area (Å²) in [6.07, 6.45) is 1.10. The van der Waals surface area contributed by atoms with E-state index in [1.165, 1.54) is 17.0 Å². The van der Waals surface area contributed by atoms with Crippen molar-refractivity contribution < 1.29 is 22.7 Å². The molecule has 4 aromatic carbocycles.